The zero-order valence-electron chi connectivity index (χ0n) is 13.4. The molecule has 0 saturated carbocycles. The van der Waals surface area contributed by atoms with Gasteiger partial charge in [0.25, 0.3) is 0 Å². The number of thioether (sulfide) groups is 1. The molecule has 1 aliphatic heterocycles. The molecule has 4 heteroatoms. The Kier molecular flexibility index (Phi) is 4.97. The van der Waals surface area contributed by atoms with Crippen molar-refractivity contribution in [3.05, 3.63) is 23.4 Å². The van der Waals surface area contributed by atoms with Crippen molar-refractivity contribution in [2.24, 2.45) is 0 Å². The third kappa shape index (κ3) is 4.38. The van der Waals surface area contributed by atoms with Crippen molar-refractivity contribution in [1.29, 1.82) is 0 Å². The minimum Gasteiger partial charge on any atom is -0.354 e. The van der Waals surface area contributed by atoms with Gasteiger partial charge in [0, 0.05) is 42.4 Å². The van der Waals surface area contributed by atoms with Crippen LogP contribution < -0.4 is 10.2 Å². The molecule has 1 N–H and O–H groups in total. The van der Waals surface area contributed by atoms with E-state index in [2.05, 4.69) is 62.7 Å². The average molecular weight is 293 g/mol. The topological polar surface area (TPSA) is 28.2 Å². The molecule has 0 amide bonds. The van der Waals surface area contributed by atoms with Crippen LogP contribution in [0, 0.1) is 6.92 Å². The third-order valence-corrected chi connectivity index (χ3v) is 4.61. The molecule has 112 valence electrons. The quantitative estimate of drug-likeness (QED) is 0.926. The summed E-state index contributed by atoms with van der Waals surface area (Å²) in [7, 11) is 0. The number of nitrogens with zero attached hydrogens (tertiary/aromatic N) is 2. The molecule has 20 heavy (non-hydrogen) atoms. The standard InChI is InChI=1S/C16H27N3S/c1-12-8-14(10-18-16(3,4)5)9-17-15(12)19-6-7-20-13(2)11-19/h8-9,13,18H,6-7,10-11H2,1-5H3. The van der Waals surface area contributed by atoms with Gasteiger partial charge in [-0.1, -0.05) is 6.92 Å². The predicted molar refractivity (Wildman–Crippen MR) is 89.7 cm³/mol. The van der Waals surface area contributed by atoms with Crippen LogP contribution in [-0.4, -0.2) is 34.6 Å². The van der Waals surface area contributed by atoms with Gasteiger partial charge < -0.3 is 10.2 Å². The third-order valence-electron chi connectivity index (χ3n) is 3.47. The number of aryl methyl sites for hydroxylation is 1. The van der Waals surface area contributed by atoms with E-state index in [1.165, 1.54) is 16.9 Å². The normalized spacial score (nSPS) is 20.2. The molecule has 0 bridgehead atoms. The molecule has 1 aromatic rings. The van der Waals surface area contributed by atoms with Gasteiger partial charge in [-0.2, -0.15) is 11.8 Å². The lowest BCUT2D eigenvalue weighted by atomic mass is 10.1. The fourth-order valence-electron chi connectivity index (χ4n) is 2.43. The summed E-state index contributed by atoms with van der Waals surface area (Å²) >= 11 is 2.06. The Morgan fingerprint density at radius 2 is 2.20 bits per heavy atom. The lowest BCUT2D eigenvalue weighted by Crippen LogP contribution is -2.37. The van der Waals surface area contributed by atoms with Crippen molar-refractivity contribution in [3.8, 4) is 0 Å². The lowest BCUT2D eigenvalue weighted by Gasteiger charge is -2.32. The summed E-state index contributed by atoms with van der Waals surface area (Å²) in [5.41, 5.74) is 2.70. The van der Waals surface area contributed by atoms with E-state index < -0.39 is 0 Å². The summed E-state index contributed by atoms with van der Waals surface area (Å²) in [6.07, 6.45) is 2.02. The molecule has 2 heterocycles. The maximum Gasteiger partial charge on any atom is 0.131 e. The second-order valence-electron chi connectivity index (χ2n) is 6.72. The SMILES string of the molecule is Cc1cc(CNC(C)(C)C)cnc1N1CCSC(C)C1. The number of pyridine rings is 1. The van der Waals surface area contributed by atoms with E-state index in [-0.39, 0.29) is 5.54 Å². The molecular weight excluding hydrogens is 266 g/mol. The van der Waals surface area contributed by atoms with Crippen molar-refractivity contribution in [2.45, 2.75) is 52.0 Å². The van der Waals surface area contributed by atoms with Crippen LogP contribution in [0.5, 0.6) is 0 Å². The Balaban J connectivity index is 2.05. The predicted octanol–water partition coefficient (Wildman–Crippen LogP) is 3.22. The van der Waals surface area contributed by atoms with Crippen molar-refractivity contribution in [3.63, 3.8) is 0 Å². The first-order chi connectivity index (χ1) is 9.35. The Hall–Kier alpha value is -0.740. The molecular formula is C16H27N3S. The van der Waals surface area contributed by atoms with E-state index in [0.717, 1.165) is 25.5 Å². The molecule has 1 atom stereocenters. The van der Waals surface area contributed by atoms with Gasteiger partial charge in [0.2, 0.25) is 0 Å². The minimum absolute atomic E-state index is 0.145. The van der Waals surface area contributed by atoms with Gasteiger partial charge in [-0.15, -0.1) is 0 Å². The van der Waals surface area contributed by atoms with E-state index >= 15 is 0 Å². The second-order valence-corrected chi connectivity index (χ2v) is 8.26. The second kappa shape index (κ2) is 6.35. The summed E-state index contributed by atoms with van der Waals surface area (Å²) in [4.78, 5) is 7.14. The molecule has 1 unspecified atom stereocenters. The molecule has 1 fully saturated rings. The van der Waals surface area contributed by atoms with Crippen molar-refractivity contribution < 1.29 is 0 Å². The molecule has 0 aliphatic carbocycles. The van der Waals surface area contributed by atoms with E-state index in [1.807, 2.05) is 6.20 Å². The van der Waals surface area contributed by atoms with Crippen molar-refractivity contribution in [2.75, 3.05) is 23.7 Å². The van der Waals surface area contributed by atoms with Gasteiger partial charge in [-0.05, 0) is 44.9 Å². The number of rotatable bonds is 3. The van der Waals surface area contributed by atoms with Gasteiger partial charge in [0.05, 0.1) is 0 Å². The van der Waals surface area contributed by atoms with Crippen LogP contribution in [0.25, 0.3) is 0 Å². The largest absolute Gasteiger partial charge is 0.354 e. The van der Waals surface area contributed by atoms with Gasteiger partial charge in [-0.25, -0.2) is 4.98 Å². The zero-order valence-corrected chi connectivity index (χ0v) is 14.2. The van der Waals surface area contributed by atoms with Gasteiger partial charge >= 0.3 is 0 Å². The van der Waals surface area contributed by atoms with Crippen LogP contribution in [0.4, 0.5) is 5.82 Å². The van der Waals surface area contributed by atoms with Crippen molar-refractivity contribution >= 4 is 17.6 Å². The van der Waals surface area contributed by atoms with Crippen LogP contribution in [0.2, 0.25) is 0 Å². The Morgan fingerprint density at radius 1 is 1.45 bits per heavy atom. The van der Waals surface area contributed by atoms with E-state index in [0.29, 0.717) is 5.25 Å². The monoisotopic (exact) mass is 293 g/mol. The summed E-state index contributed by atoms with van der Waals surface area (Å²) in [6.45, 7) is 14.1. The molecule has 2 rings (SSSR count). The highest BCUT2D eigenvalue weighted by Crippen LogP contribution is 2.25. The number of anilines is 1. The van der Waals surface area contributed by atoms with Crippen LogP contribution >= 0.6 is 11.8 Å². The van der Waals surface area contributed by atoms with Gasteiger partial charge in [0.15, 0.2) is 0 Å². The Morgan fingerprint density at radius 3 is 2.80 bits per heavy atom. The maximum absolute atomic E-state index is 4.71. The summed E-state index contributed by atoms with van der Waals surface area (Å²) in [5, 5.41) is 4.22. The van der Waals surface area contributed by atoms with Crippen molar-refractivity contribution in [1.82, 2.24) is 10.3 Å². The van der Waals surface area contributed by atoms with Crippen LogP contribution in [0.15, 0.2) is 12.3 Å². The highest BCUT2D eigenvalue weighted by atomic mass is 32.2. The summed E-state index contributed by atoms with van der Waals surface area (Å²) in [5.74, 6) is 2.37. The lowest BCUT2D eigenvalue weighted by molar-refractivity contribution is 0.424. The fourth-order valence-corrected chi connectivity index (χ4v) is 3.45. The summed E-state index contributed by atoms with van der Waals surface area (Å²) in [6, 6.07) is 2.27. The summed E-state index contributed by atoms with van der Waals surface area (Å²) < 4.78 is 0. The van der Waals surface area contributed by atoms with E-state index in [4.69, 9.17) is 4.98 Å². The average Bonchev–Trinajstić information content (AvgIpc) is 2.35. The molecule has 1 saturated heterocycles. The van der Waals surface area contributed by atoms with E-state index in [9.17, 15) is 0 Å². The molecule has 0 aromatic carbocycles. The first kappa shape index (κ1) is 15.6. The zero-order chi connectivity index (χ0) is 14.8. The van der Waals surface area contributed by atoms with Gasteiger partial charge in [-0.3, -0.25) is 0 Å². The smallest absolute Gasteiger partial charge is 0.131 e. The molecule has 0 spiro atoms. The number of aromatic nitrogens is 1. The van der Waals surface area contributed by atoms with Crippen LogP contribution in [0.3, 0.4) is 0 Å². The van der Waals surface area contributed by atoms with E-state index in [1.54, 1.807) is 0 Å². The first-order valence-electron chi connectivity index (χ1n) is 7.42. The van der Waals surface area contributed by atoms with Crippen LogP contribution in [-0.2, 0) is 6.54 Å². The fraction of sp³-hybridized carbons (Fsp3) is 0.688. The molecule has 0 radical (unpaired) electrons. The van der Waals surface area contributed by atoms with Gasteiger partial charge in [0.1, 0.15) is 5.82 Å². The molecule has 3 nitrogen and oxygen atoms in total. The minimum atomic E-state index is 0.145. The Bertz CT molecular complexity index is 454. The number of hydrogen-bond donors (Lipinski definition) is 1. The Labute approximate surface area is 127 Å². The van der Waals surface area contributed by atoms with Crippen LogP contribution in [0.1, 0.15) is 38.8 Å². The number of hydrogen-bond acceptors (Lipinski definition) is 4. The highest BCUT2D eigenvalue weighted by Gasteiger charge is 2.19. The molecule has 1 aliphatic rings. The first-order valence-corrected chi connectivity index (χ1v) is 8.47. The number of nitrogens with one attached hydrogen (secondary N) is 1. The molecule has 1 aromatic heterocycles. The highest BCUT2D eigenvalue weighted by molar-refractivity contribution is 8.00. The maximum atomic E-state index is 4.71.